The van der Waals surface area contributed by atoms with Crippen LogP contribution in [0.4, 0.5) is 0 Å². The van der Waals surface area contributed by atoms with Gasteiger partial charge in [0, 0.05) is 61.8 Å². The number of benzene rings is 6. The Hall–Kier alpha value is -6.65. The number of aromatic nitrogens is 2. The molecule has 6 N–H and O–H groups in total. The van der Waals surface area contributed by atoms with Crippen LogP contribution in [0.3, 0.4) is 0 Å². The van der Waals surface area contributed by atoms with Gasteiger partial charge in [-0.2, -0.15) is 0 Å². The second-order valence-corrected chi connectivity index (χ2v) is 22.5. The first-order valence-electron chi connectivity index (χ1n) is 24.3. The fraction of sp³-hybridized carbons (Fsp3) is 0.300. The van der Waals surface area contributed by atoms with E-state index in [4.69, 9.17) is 31.2 Å². The van der Waals surface area contributed by atoms with Crippen LogP contribution in [0.15, 0.2) is 130 Å². The third kappa shape index (κ3) is 10.9. The lowest BCUT2D eigenvalue weighted by molar-refractivity contribution is 0.344. The number of hydrogen-bond acceptors (Lipinski definition) is 9. The van der Waals surface area contributed by atoms with Gasteiger partial charge in [0.1, 0.15) is 39.9 Å². The molecule has 0 unspecified atom stereocenters. The summed E-state index contributed by atoms with van der Waals surface area (Å²) in [5, 5.41) is 3.77. The molecular formula is C60H70N2O10P2. The van der Waals surface area contributed by atoms with E-state index in [0.717, 1.165) is 82.6 Å². The van der Waals surface area contributed by atoms with E-state index in [2.05, 4.69) is 136 Å². The molecule has 0 amide bonds. The van der Waals surface area contributed by atoms with Gasteiger partial charge in [-0.15, -0.1) is 0 Å². The van der Waals surface area contributed by atoms with Crippen molar-refractivity contribution in [3.63, 3.8) is 0 Å². The van der Waals surface area contributed by atoms with Crippen molar-refractivity contribution in [1.29, 1.82) is 0 Å². The Balaban J connectivity index is 0.00000297. The molecule has 74 heavy (non-hydrogen) atoms. The van der Waals surface area contributed by atoms with Crippen LogP contribution < -0.4 is 22.8 Å². The van der Waals surface area contributed by atoms with E-state index >= 15 is 0 Å². The van der Waals surface area contributed by atoms with Crippen LogP contribution in [-0.2, 0) is 10.8 Å². The second kappa shape index (κ2) is 22.4. The Labute approximate surface area is 436 Å². The SMILES string of the molecule is COc1cc(C(C)(C)C(C)C)c(OP(Oc2ccc3ncccc3c2)Oc2ccc3ncccc3c2)c(-c2c(C)c(C)cc(C(C)(C)C(C)C)c2Op2oc3ccc(C)cc3c3cc(C)ccc3o2)c1C.O.O.O. The first kappa shape index (κ1) is 56.6. The summed E-state index contributed by atoms with van der Waals surface area (Å²) < 4.78 is 49.1. The molecule has 3 aromatic heterocycles. The molecular weight excluding hydrogens is 971 g/mol. The van der Waals surface area contributed by atoms with Gasteiger partial charge in [-0.3, -0.25) is 9.97 Å². The van der Waals surface area contributed by atoms with Crippen LogP contribution in [0.25, 0.3) is 54.9 Å². The molecule has 390 valence electrons. The van der Waals surface area contributed by atoms with Crippen LogP contribution in [0, 0.1) is 46.5 Å². The van der Waals surface area contributed by atoms with Gasteiger partial charge in [-0.1, -0.05) is 96.8 Å². The van der Waals surface area contributed by atoms with E-state index in [1.807, 2.05) is 72.8 Å². The Morgan fingerprint density at radius 2 is 1.01 bits per heavy atom. The lowest BCUT2D eigenvalue weighted by Gasteiger charge is -2.36. The number of pyridine rings is 2. The van der Waals surface area contributed by atoms with Crippen LogP contribution in [0.2, 0.25) is 0 Å². The summed E-state index contributed by atoms with van der Waals surface area (Å²) >= 11 is 0. The summed E-state index contributed by atoms with van der Waals surface area (Å²) in [5.41, 5.74) is 11.0. The van der Waals surface area contributed by atoms with Gasteiger partial charge in [0.15, 0.2) is 0 Å². The quantitative estimate of drug-likeness (QED) is 0.0953. The van der Waals surface area contributed by atoms with Crippen LogP contribution in [0.1, 0.15) is 94.3 Å². The molecule has 9 rings (SSSR count). The second-order valence-electron chi connectivity index (χ2n) is 20.5. The van der Waals surface area contributed by atoms with Gasteiger partial charge in [0.2, 0.25) is 0 Å². The fourth-order valence-electron chi connectivity index (χ4n) is 8.89. The predicted molar refractivity (Wildman–Crippen MR) is 303 cm³/mol. The van der Waals surface area contributed by atoms with Crippen molar-refractivity contribution in [3.05, 3.63) is 161 Å². The molecule has 6 aromatic carbocycles. The average Bonchev–Trinajstić information content (AvgIpc) is 3.48. The Morgan fingerprint density at radius 3 is 1.49 bits per heavy atom. The van der Waals surface area contributed by atoms with Crippen molar-refractivity contribution in [3.8, 4) is 39.9 Å². The molecule has 0 fully saturated rings. The van der Waals surface area contributed by atoms with Crippen molar-refractivity contribution >= 4 is 60.6 Å². The highest BCUT2D eigenvalue weighted by Crippen LogP contribution is 2.58. The van der Waals surface area contributed by atoms with Crippen molar-refractivity contribution < 1.29 is 47.7 Å². The zero-order valence-corrected chi connectivity index (χ0v) is 46.6. The smallest absolute Gasteiger partial charge is 0.496 e. The van der Waals surface area contributed by atoms with Crippen molar-refractivity contribution in [2.24, 2.45) is 11.8 Å². The molecule has 0 aliphatic rings. The zero-order valence-electron chi connectivity index (χ0n) is 44.8. The number of ether oxygens (including phenoxy) is 1. The molecule has 3 heterocycles. The molecule has 14 heteroatoms. The fourth-order valence-corrected chi connectivity index (χ4v) is 11.0. The van der Waals surface area contributed by atoms with Crippen molar-refractivity contribution in [1.82, 2.24) is 9.97 Å². The van der Waals surface area contributed by atoms with E-state index in [1.54, 1.807) is 19.5 Å². The lowest BCUT2D eigenvalue weighted by Crippen LogP contribution is -2.26. The summed E-state index contributed by atoms with van der Waals surface area (Å²) in [6, 6.07) is 36.4. The maximum atomic E-state index is 7.55. The molecule has 0 aliphatic carbocycles. The number of nitrogens with zero attached hydrogens (tertiary/aromatic N) is 2. The minimum Gasteiger partial charge on any atom is -0.496 e. The highest BCUT2D eigenvalue weighted by Gasteiger charge is 2.39. The molecule has 0 bridgehead atoms. The molecule has 0 atom stereocenters. The number of hydrogen-bond donors (Lipinski definition) is 0. The number of rotatable bonds is 14. The van der Waals surface area contributed by atoms with Gasteiger partial charge in [-0.25, -0.2) is 0 Å². The molecule has 9 aromatic rings. The minimum absolute atomic E-state index is 0. The maximum absolute atomic E-state index is 7.55. The molecule has 0 saturated carbocycles. The normalized spacial score (nSPS) is 11.7. The highest BCUT2D eigenvalue weighted by atomic mass is 31.2. The first-order valence-corrected chi connectivity index (χ1v) is 26.5. The Kier molecular flexibility index (Phi) is 17.2. The summed E-state index contributed by atoms with van der Waals surface area (Å²) in [4.78, 5) is 9.14. The van der Waals surface area contributed by atoms with E-state index in [1.165, 1.54) is 0 Å². The van der Waals surface area contributed by atoms with Crippen LogP contribution in [-0.4, -0.2) is 33.5 Å². The van der Waals surface area contributed by atoms with E-state index in [-0.39, 0.29) is 28.3 Å². The molecule has 0 radical (unpaired) electrons. The third-order valence-corrected chi connectivity index (χ3v) is 16.9. The van der Waals surface area contributed by atoms with Gasteiger partial charge in [0.25, 0.3) is 0 Å². The number of methoxy groups -OCH3 is 1. The van der Waals surface area contributed by atoms with E-state index < -0.39 is 27.7 Å². The lowest BCUT2D eigenvalue weighted by atomic mass is 9.71. The standard InChI is InChI=1S/C60H64N2O7P2.3H2O/c1-35(2)59(10,11)48-31-39(7)40(8)55(57(48)69-71-66-52-25-19-37(5)29-46(52)47-30-38(6)20-26-53(47)67-71)56-41(9)54(63-14)34-49(60(12,13)36(3)4)58(56)68-70(64-44-21-23-50-42(32-44)17-15-27-61-50)65-45-22-24-51-43(33-45)18-16-28-62-51;;;/h15-36H,1-14H3;3*1H2. The number of fused-ring (bicyclic) bond motifs is 5. The average molecular weight is 1040 g/mol. The third-order valence-electron chi connectivity index (χ3n) is 14.8. The van der Waals surface area contributed by atoms with E-state index in [0.29, 0.717) is 39.9 Å². The zero-order chi connectivity index (χ0) is 50.5. The van der Waals surface area contributed by atoms with Crippen LogP contribution >= 0.6 is 16.8 Å². The Morgan fingerprint density at radius 1 is 0.541 bits per heavy atom. The topological polar surface area (TPSA) is 193 Å². The number of aryl methyl sites for hydroxylation is 3. The van der Waals surface area contributed by atoms with Gasteiger partial charge < -0.3 is 47.7 Å². The van der Waals surface area contributed by atoms with Crippen molar-refractivity contribution in [2.45, 2.75) is 101 Å². The molecule has 12 nitrogen and oxygen atoms in total. The summed E-state index contributed by atoms with van der Waals surface area (Å²) in [5.74, 6) is 3.47. The van der Waals surface area contributed by atoms with Crippen LogP contribution in [0.5, 0.6) is 28.7 Å². The molecule has 0 aliphatic heterocycles. The van der Waals surface area contributed by atoms with Gasteiger partial charge in [0.05, 0.1) is 18.1 Å². The summed E-state index contributed by atoms with van der Waals surface area (Å²) in [7, 11) is -2.60. The maximum Gasteiger partial charge on any atom is 0.530 e. The van der Waals surface area contributed by atoms with Gasteiger partial charge >= 0.3 is 16.8 Å². The summed E-state index contributed by atoms with van der Waals surface area (Å²) in [6.07, 6.45) is 3.57. The summed E-state index contributed by atoms with van der Waals surface area (Å²) in [6.45, 7) is 28.6. The van der Waals surface area contributed by atoms with Crippen molar-refractivity contribution in [2.75, 3.05) is 7.11 Å². The molecule has 0 saturated heterocycles. The monoisotopic (exact) mass is 1040 g/mol. The highest BCUT2D eigenvalue weighted by molar-refractivity contribution is 7.43. The van der Waals surface area contributed by atoms with E-state index in [9.17, 15) is 0 Å². The predicted octanol–water partition coefficient (Wildman–Crippen LogP) is 15.6. The minimum atomic E-state index is -2.23. The molecule has 0 spiro atoms. The largest absolute Gasteiger partial charge is 0.530 e. The van der Waals surface area contributed by atoms with Gasteiger partial charge in [-0.05, 0) is 147 Å². The Bertz CT molecular complexity index is 3390. The first-order chi connectivity index (χ1) is 33.8.